The van der Waals surface area contributed by atoms with Gasteiger partial charge in [0.25, 0.3) is 0 Å². The zero-order valence-electron chi connectivity index (χ0n) is 10.4. The Morgan fingerprint density at radius 1 is 1.32 bits per heavy atom. The molecule has 4 nitrogen and oxygen atoms in total. The minimum absolute atomic E-state index is 0.707. The van der Waals surface area contributed by atoms with Crippen LogP contribution >= 0.6 is 15.9 Å². The summed E-state index contributed by atoms with van der Waals surface area (Å²) >= 11 is 3.45. The second-order valence-electron chi connectivity index (χ2n) is 5.19. The van der Waals surface area contributed by atoms with E-state index in [4.69, 9.17) is 0 Å². The van der Waals surface area contributed by atoms with Gasteiger partial charge >= 0.3 is 5.97 Å². The molecule has 2 N–H and O–H groups in total. The van der Waals surface area contributed by atoms with Crippen LogP contribution in [0.1, 0.15) is 37.7 Å². The number of H-pyrrole nitrogens is 1. The van der Waals surface area contributed by atoms with Crippen molar-refractivity contribution in [1.29, 1.82) is 0 Å². The van der Waals surface area contributed by atoms with E-state index in [0.717, 1.165) is 40.3 Å². The lowest BCUT2D eigenvalue weighted by molar-refractivity contribution is -0.145. The normalized spacial score (nSPS) is 18.6. The molecule has 1 aliphatic rings. The summed E-state index contributed by atoms with van der Waals surface area (Å²) in [5.41, 5.74) is 0.942. The van der Waals surface area contributed by atoms with Crippen molar-refractivity contribution in [2.75, 3.05) is 0 Å². The van der Waals surface area contributed by atoms with Crippen LogP contribution in [0.15, 0.2) is 22.8 Å². The molecule has 0 atom stereocenters. The van der Waals surface area contributed by atoms with Crippen LogP contribution < -0.4 is 0 Å². The number of aromatic amines is 1. The van der Waals surface area contributed by atoms with Gasteiger partial charge in [0.15, 0.2) is 0 Å². The molecule has 1 saturated carbocycles. The van der Waals surface area contributed by atoms with E-state index in [2.05, 4.69) is 26.1 Å². The highest BCUT2D eigenvalue weighted by atomic mass is 79.9. The number of hydrogen-bond donors (Lipinski definition) is 2. The summed E-state index contributed by atoms with van der Waals surface area (Å²) in [5.74, 6) is -0.715. The number of benzene rings is 1. The number of carboxylic acid groups (broad SMARTS) is 1. The summed E-state index contributed by atoms with van der Waals surface area (Å²) in [6, 6.07) is 5.73. The molecule has 1 aliphatic carbocycles. The molecule has 0 bridgehead atoms. The summed E-state index contributed by atoms with van der Waals surface area (Å²) < 4.78 is 0.768. The van der Waals surface area contributed by atoms with Gasteiger partial charge in [-0.3, -0.25) is 9.89 Å². The van der Waals surface area contributed by atoms with E-state index < -0.39 is 11.4 Å². The molecule has 0 amide bonds. The second-order valence-corrected chi connectivity index (χ2v) is 5.98. The second kappa shape index (κ2) is 4.63. The number of carboxylic acids is 1. The fraction of sp³-hybridized carbons (Fsp3) is 0.429. The summed E-state index contributed by atoms with van der Waals surface area (Å²) in [7, 11) is 0. The highest BCUT2D eigenvalue weighted by molar-refractivity contribution is 9.10. The fourth-order valence-corrected chi connectivity index (χ4v) is 3.69. The predicted octanol–water partition coefficient (Wildman–Crippen LogP) is 3.61. The first kappa shape index (κ1) is 12.7. The van der Waals surface area contributed by atoms with Crippen LogP contribution in [-0.4, -0.2) is 21.3 Å². The number of nitrogens with one attached hydrogen (secondary N) is 1. The van der Waals surface area contributed by atoms with Crippen molar-refractivity contribution in [3.05, 3.63) is 28.4 Å². The van der Waals surface area contributed by atoms with Crippen LogP contribution in [0.3, 0.4) is 0 Å². The van der Waals surface area contributed by atoms with E-state index >= 15 is 0 Å². The predicted molar refractivity (Wildman–Crippen MR) is 76.2 cm³/mol. The molecular formula is C14H15BrN2O2. The summed E-state index contributed by atoms with van der Waals surface area (Å²) in [4.78, 5) is 11.9. The highest BCUT2D eigenvalue weighted by Gasteiger charge is 2.42. The Balaban J connectivity index is 2.26. The molecular weight excluding hydrogens is 308 g/mol. The van der Waals surface area contributed by atoms with Crippen LogP contribution in [0.5, 0.6) is 0 Å². The summed E-state index contributed by atoms with van der Waals surface area (Å²) in [6.07, 6.45) is 4.48. The maximum atomic E-state index is 11.9. The zero-order chi connectivity index (χ0) is 13.5. The molecule has 1 aromatic heterocycles. The fourth-order valence-electron chi connectivity index (χ4n) is 3.18. The molecule has 2 aromatic rings. The average Bonchev–Trinajstić information content (AvgIpc) is 2.81. The molecule has 19 heavy (non-hydrogen) atoms. The van der Waals surface area contributed by atoms with Crippen LogP contribution in [0, 0.1) is 0 Å². The van der Waals surface area contributed by atoms with E-state index in [-0.39, 0.29) is 0 Å². The van der Waals surface area contributed by atoms with Crippen molar-refractivity contribution in [2.24, 2.45) is 0 Å². The Morgan fingerprint density at radius 3 is 2.74 bits per heavy atom. The van der Waals surface area contributed by atoms with Crippen LogP contribution in [0.2, 0.25) is 0 Å². The number of aliphatic carboxylic acids is 1. The number of fused-ring (bicyclic) bond motifs is 1. The lowest BCUT2D eigenvalue weighted by atomic mass is 9.68. The molecule has 0 saturated heterocycles. The van der Waals surface area contributed by atoms with Crippen molar-refractivity contribution in [3.8, 4) is 0 Å². The first-order chi connectivity index (χ1) is 9.15. The molecule has 0 unspecified atom stereocenters. The molecule has 1 aromatic carbocycles. The SMILES string of the molecule is O=C(O)C1(c2cccc3n[nH]c(Br)c23)CCCCC1. The van der Waals surface area contributed by atoms with Gasteiger partial charge < -0.3 is 5.11 Å². The van der Waals surface area contributed by atoms with Gasteiger partial charge in [0.1, 0.15) is 4.60 Å². The maximum Gasteiger partial charge on any atom is 0.314 e. The number of aromatic nitrogens is 2. The number of hydrogen-bond acceptors (Lipinski definition) is 2. The van der Waals surface area contributed by atoms with Gasteiger partial charge in [-0.1, -0.05) is 31.4 Å². The molecule has 0 radical (unpaired) electrons. The zero-order valence-corrected chi connectivity index (χ0v) is 12.0. The number of rotatable bonds is 2. The lowest BCUT2D eigenvalue weighted by Crippen LogP contribution is -2.38. The smallest absolute Gasteiger partial charge is 0.314 e. The van der Waals surface area contributed by atoms with E-state index in [1.54, 1.807) is 0 Å². The average molecular weight is 323 g/mol. The molecule has 0 aliphatic heterocycles. The molecule has 1 heterocycles. The van der Waals surface area contributed by atoms with E-state index in [1.807, 2.05) is 18.2 Å². The maximum absolute atomic E-state index is 11.9. The minimum Gasteiger partial charge on any atom is -0.481 e. The van der Waals surface area contributed by atoms with Crippen LogP contribution in [0.4, 0.5) is 0 Å². The quantitative estimate of drug-likeness (QED) is 0.887. The third-order valence-electron chi connectivity index (χ3n) is 4.17. The van der Waals surface area contributed by atoms with Crippen molar-refractivity contribution >= 4 is 32.8 Å². The Morgan fingerprint density at radius 2 is 2.05 bits per heavy atom. The topological polar surface area (TPSA) is 66.0 Å². The molecule has 5 heteroatoms. The standard InChI is InChI=1S/C14H15BrN2O2/c15-12-11-9(5-4-6-10(11)16-17-12)14(13(18)19)7-2-1-3-8-14/h4-6H,1-3,7-8H2,(H,16,17)(H,18,19). The first-order valence-corrected chi connectivity index (χ1v) is 7.31. The third kappa shape index (κ3) is 1.87. The summed E-state index contributed by atoms with van der Waals surface area (Å²) in [5, 5.41) is 17.8. The van der Waals surface area contributed by atoms with Crippen molar-refractivity contribution < 1.29 is 9.90 Å². The Kier molecular flexibility index (Phi) is 3.09. The van der Waals surface area contributed by atoms with Gasteiger partial charge in [-0.05, 0) is 40.4 Å². The molecule has 3 rings (SSSR count). The third-order valence-corrected chi connectivity index (χ3v) is 4.74. The molecule has 0 spiro atoms. The van der Waals surface area contributed by atoms with Crippen LogP contribution in [0.25, 0.3) is 10.9 Å². The molecule has 1 fully saturated rings. The van der Waals surface area contributed by atoms with Gasteiger partial charge in [0.2, 0.25) is 0 Å². The van der Waals surface area contributed by atoms with Gasteiger partial charge in [0.05, 0.1) is 10.9 Å². The Labute approximate surface area is 119 Å². The highest BCUT2D eigenvalue weighted by Crippen LogP contribution is 2.43. The van der Waals surface area contributed by atoms with Gasteiger partial charge in [-0.2, -0.15) is 5.10 Å². The van der Waals surface area contributed by atoms with Crippen molar-refractivity contribution in [1.82, 2.24) is 10.2 Å². The Hall–Kier alpha value is -1.36. The van der Waals surface area contributed by atoms with Crippen molar-refractivity contribution in [2.45, 2.75) is 37.5 Å². The van der Waals surface area contributed by atoms with Gasteiger partial charge in [-0.25, -0.2) is 0 Å². The Bertz CT molecular complexity index is 629. The van der Waals surface area contributed by atoms with Crippen LogP contribution in [-0.2, 0) is 10.2 Å². The minimum atomic E-state index is -0.760. The van der Waals surface area contributed by atoms with E-state index in [0.29, 0.717) is 12.8 Å². The molecule has 100 valence electrons. The van der Waals surface area contributed by atoms with Gasteiger partial charge in [0, 0.05) is 5.39 Å². The van der Waals surface area contributed by atoms with Gasteiger partial charge in [-0.15, -0.1) is 0 Å². The van der Waals surface area contributed by atoms with E-state index in [9.17, 15) is 9.90 Å². The number of halogens is 1. The first-order valence-electron chi connectivity index (χ1n) is 6.52. The number of nitrogens with zero attached hydrogens (tertiary/aromatic N) is 1. The van der Waals surface area contributed by atoms with Crippen molar-refractivity contribution in [3.63, 3.8) is 0 Å². The van der Waals surface area contributed by atoms with E-state index in [1.165, 1.54) is 0 Å². The number of carbonyl (C=O) groups is 1. The largest absolute Gasteiger partial charge is 0.481 e. The lowest BCUT2D eigenvalue weighted by Gasteiger charge is -2.34. The monoisotopic (exact) mass is 322 g/mol. The summed E-state index contributed by atoms with van der Waals surface area (Å²) in [6.45, 7) is 0.